The largest absolute Gasteiger partial charge is 0.300 e. The van der Waals surface area contributed by atoms with Crippen LogP contribution in [0.4, 0.5) is 0 Å². The average Bonchev–Trinajstić information content (AvgIpc) is 1.66. The molecule has 0 aliphatic rings. The van der Waals surface area contributed by atoms with Gasteiger partial charge < -0.3 is 4.79 Å². The summed E-state index contributed by atoms with van der Waals surface area (Å²) in [5.74, 6) is 0.318. The summed E-state index contributed by atoms with van der Waals surface area (Å²) in [6, 6.07) is 0. The van der Waals surface area contributed by atoms with E-state index in [-0.39, 0.29) is 12.4 Å². The highest BCUT2D eigenvalue weighted by Crippen LogP contribution is 1.98. The van der Waals surface area contributed by atoms with Crippen molar-refractivity contribution < 1.29 is 4.79 Å². The van der Waals surface area contributed by atoms with Gasteiger partial charge in [0.15, 0.2) is 0 Å². The summed E-state index contributed by atoms with van der Waals surface area (Å²) in [4.78, 5) is 10.3. The van der Waals surface area contributed by atoms with Crippen LogP contribution >= 0.6 is 12.4 Å². The number of rotatable bonds is 4. The van der Waals surface area contributed by atoms with E-state index in [1.165, 1.54) is 12.8 Å². The molecular formula is C7H15ClO. The zero-order chi connectivity index (χ0) is 6.41. The number of hydrogen-bond acceptors (Lipinski definition) is 1. The lowest BCUT2D eigenvalue weighted by molar-refractivity contribution is -0.117. The van der Waals surface area contributed by atoms with Gasteiger partial charge in [0.25, 0.3) is 0 Å². The molecule has 0 unspecified atom stereocenters. The van der Waals surface area contributed by atoms with Crippen molar-refractivity contribution in [2.75, 3.05) is 0 Å². The van der Waals surface area contributed by atoms with Crippen LogP contribution in [-0.2, 0) is 4.79 Å². The minimum Gasteiger partial charge on any atom is -0.300 e. The minimum absolute atomic E-state index is 0. The van der Waals surface area contributed by atoms with E-state index in [4.69, 9.17) is 0 Å². The zero-order valence-corrected chi connectivity index (χ0v) is 6.96. The molecule has 0 saturated heterocycles. The second-order valence-corrected chi connectivity index (χ2v) is 2.16. The molecular weight excluding hydrogens is 136 g/mol. The molecule has 0 radical (unpaired) electrons. The summed E-state index contributed by atoms with van der Waals surface area (Å²) in [5.41, 5.74) is 0. The van der Waals surface area contributed by atoms with E-state index in [2.05, 4.69) is 6.92 Å². The lowest BCUT2D eigenvalue weighted by Crippen LogP contribution is -1.87. The first kappa shape index (κ1) is 11.7. The van der Waals surface area contributed by atoms with Gasteiger partial charge in [-0.05, 0) is 13.3 Å². The molecule has 9 heavy (non-hydrogen) atoms. The molecule has 0 aliphatic heterocycles. The number of halogens is 1. The van der Waals surface area contributed by atoms with E-state index in [0.717, 1.165) is 12.8 Å². The van der Waals surface area contributed by atoms with Crippen LogP contribution in [-0.4, -0.2) is 5.78 Å². The summed E-state index contributed by atoms with van der Waals surface area (Å²) in [6.45, 7) is 3.79. The van der Waals surface area contributed by atoms with Gasteiger partial charge in [-0.15, -0.1) is 12.4 Å². The van der Waals surface area contributed by atoms with E-state index < -0.39 is 0 Å². The van der Waals surface area contributed by atoms with Crippen LogP contribution in [0.3, 0.4) is 0 Å². The van der Waals surface area contributed by atoms with E-state index in [1.807, 2.05) is 0 Å². The molecule has 1 nitrogen and oxygen atoms in total. The summed E-state index contributed by atoms with van der Waals surface area (Å²) in [7, 11) is 0. The monoisotopic (exact) mass is 150 g/mol. The highest BCUT2D eigenvalue weighted by atomic mass is 35.5. The molecule has 0 N–H and O–H groups in total. The fourth-order valence-electron chi connectivity index (χ4n) is 0.624. The van der Waals surface area contributed by atoms with Gasteiger partial charge in [0, 0.05) is 6.42 Å². The van der Waals surface area contributed by atoms with E-state index in [9.17, 15) is 4.79 Å². The van der Waals surface area contributed by atoms with E-state index in [1.54, 1.807) is 6.92 Å². The zero-order valence-electron chi connectivity index (χ0n) is 6.14. The van der Waals surface area contributed by atoms with Gasteiger partial charge in [0.1, 0.15) is 5.78 Å². The Morgan fingerprint density at radius 2 is 1.89 bits per heavy atom. The maximum atomic E-state index is 10.3. The molecule has 0 aromatic heterocycles. The molecule has 56 valence electrons. The minimum atomic E-state index is 0. The number of unbranched alkanes of at least 4 members (excludes halogenated alkanes) is 2. The number of carbonyl (C=O) groups excluding carboxylic acids is 1. The molecule has 0 aliphatic carbocycles. The quantitative estimate of drug-likeness (QED) is 0.563. The Bertz CT molecular complexity index is 71.3. The van der Waals surface area contributed by atoms with Crippen LogP contribution in [0, 0.1) is 0 Å². The predicted octanol–water partition coefficient (Wildman–Crippen LogP) is 2.58. The lowest BCUT2D eigenvalue weighted by atomic mass is 10.2. The highest BCUT2D eigenvalue weighted by Gasteiger charge is 1.89. The first-order valence-corrected chi connectivity index (χ1v) is 3.26. The molecule has 0 rings (SSSR count). The number of ketones is 1. The van der Waals surface area contributed by atoms with Gasteiger partial charge in [0.2, 0.25) is 0 Å². The summed E-state index contributed by atoms with van der Waals surface area (Å²) >= 11 is 0. The van der Waals surface area contributed by atoms with Crippen LogP contribution in [0.1, 0.15) is 39.5 Å². The standard InChI is InChI=1S/C7H14O.ClH/c1-3-4-5-6-7(2)8;/h3-6H2,1-2H3;1H. The molecule has 0 bridgehead atoms. The van der Waals surface area contributed by atoms with Crippen LogP contribution in [0.25, 0.3) is 0 Å². The SMILES string of the molecule is CCCCCC(C)=O.Cl. The maximum absolute atomic E-state index is 10.3. The van der Waals surface area contributed by atoms with E-state index in [0.29, 0.717) is 5.78 Å². The van der Waals surface area contributed by atoms with Crippen LogP contribution in [0.5, 0.6) is 0 Å². The fourth-order valence-corrected chi connectivity index (χ4v) is 0.624. The topological polar surface area (TPSA) is 17.1 Å². The average molecular weight is 151 g/mol. The van der Waals surface area contributed by atoms with Crippen LogP contribution in [0.2, 0.25) is 0 Å². The molecule has 0 atom stereocenters. The van der Waals surface area contributed by atoms with Crippen molar-refractivity contribution in [3.05, 3.63) is 0 Å². The van der Waals surface area contributed by atoms with Crippen molar-refractivity contribution in [2.24, 2.45) is 0 Å². The third kappa shape index (κ3) is 11.5. The molecule has 0 aromatic carbocycles. The normalized spacial score (nSPS) is 8.22. The lowest BCUT2D eigenvalue weighted by Gasteiger charge is -1.90. The third-order valence-corrected chi connectivity index (χ3v) is 1.13. The van der Waals surface area contributed by atoms with Crippen LogP contribution in [0.15, 0.2) is 0 Å². The van der Waals surface area contributed by atoms with Gasteiger partial charge >= 0.3 is 0 Å². The summed E-state index contributed by atoms with van der Waals surface area (Å²) in [5, 5.41) is 0. The van der Waals surface area contributed by atoms with Crippen molar-refractivity contribution in [3.63, 3.8) is 0 Å². The number of carbonyl (C=O) groups is 1. The number of hydrogen-bond donors (Lipinski definition) is 0. The van der Waals surface area contributed by atoms with E-state index >= 15 is 0 Å². The second-order valence-electron chi connectivity index (χ2n) is 2.16. The van der Waals surface area contributed by atoms with Crippen molar-refractivity contribution in [1.82, 2.24) is 0 Å². The van der Waals surface area contributed by atoms with Gasteiger partial charge in [-0.1, -0.05) is 19.8 Å². The first-order chi connectivity index (χ1) is 3.77. The van der Waals surface area contributed by atoms with Crippen molar-refractivity contribution in [1.29, 1.82) is 0 Å². The van der Waals surface area contributed by atoms with Gasteiger partial charge in [-0.2, -0.15) is 0 Å². The third-order valence-electron chi connectivity index (χ3n) is 1.13. The number of Topliss-reactive ketones (excluding diaryl/α,β-unsaturated/α-hetero) is 1. The molecule has 0 heterocycles. The van der Waals surface area contributed by atoms with Crippen LogP contribution < -0.4 is 0 Å². The molecule has 0 saturated carbocycles. The van der Waals surface area contributed by atoms with Crippen molar-refractivity contribution >= 4 is 18.2 Å². The highest BCUT2D eigenvalue weighted by molar-refractivity contribution is 5.85. The first-order valence-electron chi connectivity index (χ1n) is 3.26. The second kappa shape index (κ2) is 7.96. The smallest absolute Gasteiger partial charge is 0.129 e. The Balaban J connectivity index is 0. The molecule has 0 amide bonds. The molecule has 0 spiro atoms. The molecule has 2 heteroatoms. The van der Waals surface area contributed by atoms with Gasteiger partial charge in [-0.25, -0.2) is 0 Å². The molecule has 0 aromatic rings. The Labute approximate surface area is 63.2 Å². The van der Waals surface area contributed by atoms with Crippen molar-refractivity contribution in [3.8, 4) is 0 Å². The summed E-state index contributed by atoms with van der Waals surface area (Å²) < 4.78 is 0. The summed E-state index contributed by atoms with van der Waals surface area (Å²) in [6.07, 6.45) is 4.24. The maximum Gasteiger partial charge on any atom is 0.129 e. The van der Waals surface area contributed by atoms with Gasteiger partial charge in [0.05, 0.1) is 0 Å². The Morgan fingerprint density at radius 1 is 1.33 bits per heavy atom. The fraction of sp³-hybridized carbons (Fsp3) is 0.857. The Morgan fingerprint density at radius 3 is 2.22 bits per heavy atom. The Hall–Kier alpha value is -0.0400. The van der Waals surface area contributed by atoms with Gasteiger partial charge in [-0.3, -0.25) is 0 Å². The molecule has 0 fully saturated rings. The predicted molar refractivity (Wildman–Crippen MR) is 42.1 cm³/mol. The Kier molecular flexibility index (Phi) is 10.4. The van der Waals surface area contributed by atoms with Crippen molar-refractivity contribution in [2.45, 2.75) is 39.5 Å².